The van der Waals surface area contributed by atoms with Crippen molar-refractivity contribution in [3.8, 4) is 0 Å². The Labute approximate surface area is 105 Å². The monoisotopic (exact) mass is 254 g/mol. The third-order valence-electron chi connectivity index (χ3n) is 2.27. The lowest BCUT2D eigenvalue weighted by Gasteiger charge is -2.19. The van der Waals surface area contributed by atoms with Crippen molar-refractivity contribution in [2.24, 2.45) is 0 Å². The molecule has 0 aliphatic carbocycles. The molecule has 0 aliphatic heterocycles. The van der Waals surface area contributed by atoms with Gasteiger partial charge >= 0.3 is 0 Å². The van der Waals surface area contributed by atoms with Crippen LogP contribution in [0.5, 0.6) is 0 Å². The Morgan fingerprint density at radius 1 is 1.28 bits per heavy atom. The number of nitrogens with zero attached hydrogens (tertiary/aromatic N) is 3. The van der Waals surface area contributed by atoms with Gasteiger partial charge in [0.1, 0.15) is 5.82 Å². The van der Waals surface area contributed by atoms with Crippen molar-refractivity contribution >= 4 is 11.7 Å². The summed E-state index contributed by atoms with van der Waals surface area (Å²) in [6, 6.07) is 3.23. The van der Waals surface area contributed by atoms with E-state index in [0.29, 0.717) is 5.82 Å². The summed E-state index contributed by atoms with van der Waals surface area (Å²) in [4.78, 5) is 13.3. The van der Waals surface area contributed by atoms with E-state index in [2.05, 4.69) is 15.5 Å². The maximum atomic E-state index is 12.0. The molecule has 100 valence electrons. The molecule has 1 aromatic heterocycles. The zero-order chi connectivity index (χ0) is 13.4. The molecule has 0 unspecified atom stereocenters. The molecule has 1 aromatic rings. The van der Waals surface area contributed by atoms with Gasteiger partial charge in [-0.2, -0.15) is 0 Å². The minimum atomic E-state index is -0.353. The van der Waals surface area contributed by atoms with E-state index in [9.17, 15) is 4.79 Å². The molecule has 1 amide bonds. The molecule has 0 saturated heterocycles. The number of aliphatic hydroxyl groups excluding tert-OH is 2. The van der Waals surface area contributed by atoms with Crippen molar-refractivity contribution in [1.82, 2.24) is 15.1 Å². The van der Waals surface area contributed by atoms with E-state index in [-0.39, 0.29) is 37.9 Å². The number of rotatable bonds is 7. The predicted octanol–water partition coefficient (Wildman–Crippen LogP) is -0.665. The molecule has 0 radical (unpaired) electrons. The molecular formula is C11H18N4O3. The Balaban J connectivity index is 2.74. The van der Waals surface area contributed by atoms with Gasteiger partial charge in [0.25, 0.3) is 5.91 Å². The minimum absolute atomic E-state index is 0.158. The standard InChI is InChI=1S/C11H18N4O3/c1-2-12-10-4-3-9(13-14-10)11(18)15(5-7-16)6-8-17/h3-4,16-17H,2,5-8H2,1H3,(H,12,14). The average Bonchev–Trinajstić information content (AvgIpc) is 2.39. The number of nitrogens with one attached hydrogen (secondary N) is 1. The molecule has 0 aliphatic rings. The van der Waals surface area contributed by atoms with Crippen molar-refractivity contribution < 1.29 is 15.0 Å². The predicted molar refractivity (Wildman–Crippen MR) is 66.3 cm³/mol. The second kappa shape index (κ2) is 7.57. The molecule has 1 heterocycles. The highest BCUT2D eigenvalue weighted by molar-refractivity contribution is 5.92. The second-order valence-electron chi connectivity index (χ2n) is 3.57. The van der Waals surface area contributed by atoms with Crippen LogP contribution in [0.2, 0.25) is 0 Å². The first-order valence-electron chi connectivity index (χ1n) is 5.81. The summed E-state index contributed by atoms with van der Waals surface area (Å²) < 4.78 is 0. The fourth-order valence-corrected chi connectivity index (χ4v) is 1.44. The highest BCUT2D eigenvalue weighted by Gasteiger charge is 2.16. The fraction of sp³-hybridized carbons (Fsp3) is 0.545. The summed E-state index contributed by atoms with van der Waals surface area (Å²) in [5.41, 5.74) is 0.193. The third kappa shape index (κ3) is 3.94. The van der Waals surface area contributed by atoms with Gasteiger partial charge in [-0.3, -0.25) is 4.79 Å². The molecule has 7 nitrogen and oxygen atoms in total. The van der Waals surface area contributed by atoms with Crippen molar-refractivity contribution in [3.63, 3.8) is 0 Å². The summed E-state index contributed by atoms with van der Waals surface area (Å²) in [6.45, 7) is 2.67. The maximum Gasteiger partial charge on any atom is 0.274 e. The highest BCUT2D eigenvalue weighted by atomic mass is 16.3. The van der Waals surface area contributed by atoms with E-state index in [1.54, 1.807) is 12.1 Å². The molecule has 0 bridgehead atoms. The van der Waals surface area contributed by atoms with Crippen molar-refractivity contribution in [1.29, 1.82) is 0 Å². The maximum absolute atomic E-state index is 12.0. The van der Waals surface area contributed by atoms with Crippen LogP contribution in [-0.4, -0.2) is 64.1 Å². The number of hydrogen-bond donors (Lipinski definition) is 3. The van der Waals surface area contributed by atoms with Gasteiger partial charge < -0.3 is 20.4 Å². The topological polar surface area (TPSA) is 98.6 Å². The lowest BCUT2D eigenvalue weighted by Crippen LogP contribution is -2.36. The van der Waals surface area contributed by atoms with E-state index in [1.807, 2.05) is 6.92 Å². The number of hydrogen-bond acceptors (Lipinski definition) is 6. The number of aromatic nitrogens is 2. The number of anilines is 1. The van der Waals surface area contributed by atoms with Gasteiger partial charge in [0.2, 0.25) is 0 Å². The summed E-state index contributed by atoms with van der Waals surface area (Å²) >= 11 is 0. The van der Waals surface area contributed by atoms with E-state index in [4.69, 9.17) is 10.2 Å². The first-order valence-corrected chi connectivity index (χ1v) is 5.81. The van der Waals surface area contributed by atoms with Crippen LogP contribution in [-0.2, 0) is 0 Å². The van der Waals surface area contributed by atoms with E-state index in [1.165, 1.54) is 4.90 Å². The van der Waals surface area contributed by atoms with Crippen LogP contribution in [0, 0.1) is 0 Å². The van der Waals surface area contributed by atoms with Gasteiger partial charge in [-0.15, -0.1) is 10.2 Å². The third-order valence-corrected chi connectivity index (χ3v) is 2.27. The van der Waals surface area contributed by atoms with Crippen LogP contribution in [0.1, 0.15) is 17.4 Å². The van der Waals surface area contributed by atoms with Gasteiger partial charge in [-0.05, 0) is 19.1 Å². The zero-order valence-corrected chi connectivity index (χ0v) is 10.3. The van der Waals surface area contributed by atoms with Gasteiger partial charge in [0.05, 0.1) is 13.2 Å². The van der Waals surface area contributed by atoms with Crippen LogP contribution in [0.25, 0.3) is 0 Å². The molecule has 0 saturated carbocycles. The van der Waals surface area contributed by atoms with Gasteiger partial charge in [-0.25, -0.2) is 0 Å². The summed E-state index contributed by atoms with van der Waals surface area (Å²) in [5.74, 6) is 0.249. The first-order chi connectivity index (χ1) is 8.72. The van der Waals surface area contributed by atoms with Crippen molar-refractivity contribution in [2.45, 2.75) is 6.92 Å². The Kier molecular flexibility index (Phi) is 6.03. The minimum Gasteiger partial charge on any atom is -0.395 e. The Hall–Kier alpha value is -1.73. The summed E-state index contributed by atoms with van der Waals surface area (Å²) in [6.07, 6.45) is 0. The number of aliphatic hydroxyl groups is 2. The fourth-order valence-electron chi connectivity index (χ4n) is 1.44. The quantitative estimate of drug-likeness (QED) is 0.597. The van der Waals surface area contributed by atoms with Gasteiger partial charge in [0.15, 0.2) is 5.69 Å². The smallest absolute Gasteiger partial charge is 0.274 e. The second-order valence-corrected chi connectivity index (χ2v) is 3.57. The van der Waals surface area contributed by atoms with Gasteiger partial charge in [0, 0.05) is 19.6 Å². The zero-order valence-electron chi connectivity index (χ0n) is 10.3. The van der Waals surface area contributed by atoms with Crippen LogP contribution in [0.3, 0.4) is 0 Å². The van der Waals surface area contributed by atoms with Gasteiger partial charge in [-0.1, -0.05) is 0 Å². The highest BCUT2D eigenvalue weighted by Crippen LogP contribution is 2.04. The van der Waals surface area contributed by atoms with Crippen LogP contribution in [0.15, 0.2) is 12.1 Å². The largest absolute Gasteiger partial charge is 0.395 e. The lowest BCUT2D eigenvalue weighted by molar-refractivity contribution is 0.0678. The number of carbonyl (C=O) groups excluding carboxylic acids is 1. The molecule has 0 spiro atoms. The molecule has 0 atom stereocenters. The lowest BCUT2D eigenvalue weighted by atomic mass is 10.3. The molecule has 18 heavy (non-hydrogen) atoms. The van der Waals surface area contributed by atoms with E-state index >= 15 is 0 Å². The van der Waals surface area contributed by atoms with Crippen LogP contribution in [0.4, 0.5) is 5.82 Å². The van der Waals surface area contributed by atoms with E-state index < -0.39 is 0 Å². The number of carbonyl (C=O) groups is 1. The Morgan fingerprint density at radius 2 is 1.94 bits per heavy atom. The average molecular weight is 254 g/mol. The molecular weight excluding hydrogens is 236 g/mol. The molecule has 0 aromatic carbocycles. The summed E-state index contributed by atoms with van der Waals surface area (Å²) in [7, 11) is 0. The van der Waals surface area contributed by atoms with Crippen LogP contribution < -0.4 is 5.32 Å². The molecule has 1 rings (SSSR count). The molecule has 7 heteroatoms. The Morgan fingerprint density at radius 3 is 2.39 bits per heavy atom. The molecule has 3 N–H and O–H groups in total. The summed E-state index contributed by atoms with van der Waals surface area (Å²) in [5, 5.41) is 28.4. The van der Waals surface area contributed by atoms with Crippen molar-refractivity contribution in [2.75, 3.05) is 38.2 Å². The SMILES string of the molecule is CCNc1ccc(C(=O)N(CCO)CCO)nn1. The number of amides is 1. The van der Waals surface area contributed by atoms with Crippen LogP contribution >= 0.6 is 0 Å². The first kappa shape index (κ1) is 14.3. The normalized spacial score (nSPS) is 10.2. The molecule has 0 fully saturated rings. The van der Waals surface area contributed by atoms with E-state index in [0.717, 1.165) is 6.54 Å². The Bertz CT molecular complexity index is 363. The van der Waals surface area contributed by atoms with Crippen molar-refractivity contribution in [3.05, 3.63) is 17.8 Å².